The SMILES string of the molecule is CC(C)C(=C/N)/C=C(\N)Nc1ccc2ncc(/C(C=N)=C/NC[C@@H]3CCC(O)N3)cc2n1. The van der Waals surface area contributed by atoms with Gasteiger partial charge in [0, 0.05) is 42.3 Å². The molecule has 0 radical (unpaired) electrons. The van der Waals surface area contributed by atoms with Gasteiger partial charge in [0.25, 0.3) is 0 Å². The fourth-order valence-electron chi connectivity index (χ4n) is 3.48. The van der Waals surface area contributed by atoms with Gasteiger partial charge in [0.15, 0.2) is 0 Å². The number of anilines is 1. The molecule has 3 rings (SSSR count). The number of rotatable bonds is 9. The van der Waals surface area contributed by atoms with Crippen molar-refractivity contribution in [2.24, 2.45) is 17.4 Å². The van der Waals surface area contributed by atoms with Crippen LogP contribution in [0.2, 0.25) is 0 Å². The largest absolute Gasteiger partial charge is 0.404 e. The van der Waals surface area contributed by atoms with Gasteiger partial charge in [-0.25, -0.2) is 4.98 Å². The maximum atomic E-state index is 9.56. The highest BCUT2D eigenvalue weighted by Crippen LogP contribution is 2.19. The Labute approximate surface area is 188 Å². The number of pyridine rings is 2. The molecule has 0 amide bonds. The molecule has 1 unspecified atom stereocenters. The standard InChI is InChI=1S/C23H32N8O/c1-14(2)15(9-24)8-21(26)31-22-5-4-19-20(30-22)7-16(12-28-19)17(10-25)11-27-13-18-3-6-23(32)29-18/h4-5,7-12,14,18,23,25,27,29,32H,3,6,13,24,26H2,1-2H3,(H,30,31)/b15-9+,17-11+,21-8+,25-10?/t18-,23?/m0/s1. The molecule has 9 N–H and O–H groups in total. The number of allylic oxidation sites excluding steroid dienone is 3. The van der Waals surface area contributed by atoms with Crippen molar-refractivity contribution in [2.75, 3.05) is 11.9 Å². The van der Waals surface area contributed by atoms with Crippen LogP contribution in [0.3, 0.4) is 0 Å². The number of aliphatic hydroxyl groups excluding tert-OH is 1. The molecule has 1 fully saturated rings. The van der Waals surface area contributed by atoms with Gasteiger partial charge >= 0.3 is 0 Å². The molecule has 2 aromatic rings. The zero-order chi connectivity index (χ0) is 23.1. The fourth-order valence-corrected chi connectivity index (χ4v) is 3.48. The van der Waals surface area contributed by atoms with Gasteiger partial charge in [0.1, 0.15) is 17.9 Å². The second-order valence-corrected chi connectivity index (χ2v) is 8.11. The minimum Gasteiger partial charge on any atom is -0.404 e. The van der Waals surface area contributed by atoms with E-state index in [-0.39, 0.29) is 12.0 Å². The summed E-state index contributed by atoms with van der Waals surface area (Å²) in [5, 5.41) is 26.8. The van der Waals surface area contributed by atoms with E-state index in [9.17, 15) is 5.11 Å². The second-order valence-electron chi connectivity index (χ2n) is 8.11. The number of nitrogens with one attached hydrogen (secondary N) is 4. The lowest BCUT2D eigenvalue weighted by molar-refractivity contribution is 0.154. The molecule has 2 atom stereocenters. The second kappa shape index (κ2) is 10.7. The molecule has 0 aliphatic carbocycles. The van der Waals surface area contributed by atoms with Crippen LogP contribution in [0, 0.1) is 11.3 Å². The lowest BCUT2D eigenvalue weighted by Crippen LogP contribution is -2.35. The molecule has 0 spiro atoms. The minimum atomic E-state index is -0.432. The summed E-state index contributed by atoms with van der Waals surface area (Å²) in [6.45, 7) is 4.75. The van der Waals surface area contributed by atoms with Gasteiger partial charge < -0.3 is 32.6 Å². The van der Waals surface area contributed by atoms with Gasteiger partial charge in [-0.15, -0.1) is 0 Å². The highest BCUT2D eigenvalue weighted by molar-refractivity contribution is 6.08. The van der Waals surface area contributed by atoms with Crippen LogP contribution < -0.4 is 27.4 Å². The first-order chi connectivity index (χ1) is 15.4. The van der Waals surface area contributed by atoms with Gasteiger partial charge in [-0.05, 0) is 54.8 Å². The summed E-state index contributed by atoms with van der Waals surface area (Å²) in [6.07, 6.45) is 9.38. The highest BCUT2D eigenvalue weighted by Gasteiger charge is 2.20. The number of fused-ring (bicyclic) bond motifs is 1. The van der Waals surface area contributed by atoms with Crippen LogP contribution in [0.25, 0.3) is 16.6 Å². The molecular weight excluding hydrogens is 404 g/mol. The number of nitrogens with zero attached hydrogens (tertiary/aromatic N) is 2. The average Bonchev–Trinajstić information content (AvgIpc) is 3.19. The predicted octanol–water partition coefficient (Wildman–Crippen LogP) is 1.99. The predicted molar refractivity (Wildman–Crippen MR) is 129 cm³/mol. The van der Waals surface area contributed by atoms with E-state index in [1.54, 1.807) is 24.7 Å². The molecule has 3 heterocycles. The van der Waals surface area contributed by atoms with Crippen molar-refractivity contribution in [3.63, 3.8) is 0 Å². The Morgan fingerprint density at radius 3 is 2.81 bits per heavy atom. The van der Waals surface area contributed by atoms with Crippen molar-refractivity contribution in [3.05, 3.63) is 59.8 Å². The number of aliphatic hydroxyl groups is 1. The van der Waals surface area contributed by atoms with Crippen LogP contribution in [-0.4, -0.2) is 40.1 Å². The number of hydrogen-bond donors (Lipinski definition) is 7. The molecule has 1 aliphatic rings. The summed E-state index contributed by atoms with van der Waals surface area (Å²) in [5.74, 6) is 1.29. The third kappa shape index (κ3) is 6.05. The monoisotopic (exact) mass is 436 g/mol. The molecule has 0 saturated carbocycles. The normalized spacial score (nSPS) is 20.1. The number of hydrogen-bond acceptors (Lipinski definition) is 9. The van der Waals surface area contributed by atoms with E-state index in [0.29, 0.717) is 29.3 Å². The summed E-state index contributed by atoms with van der Waals surface area (Å²) in [5.41, 5.74) is 15.6. The molecular formula is C23H32N8O. The first-order valence-electron chi connectivity index (χ1n) is 10.7. The summed E-state index contributed by atoms with van der Waals surface area (Å²) in [6, 6.07) is 5.78. The van der Waals surface area contributed by atoms with E-state index in [0.717, 1.165) is 29.5 Å². The smallest absolute Gasteiger partial charge is 0.132 e. The van der Waals surface area contributed by atoms with Crippen LogP contribution >= 0.6 is 0 Å². The molecule has 9 nitrogen and oxygen atoms in total. The molecule has 32 heavy (non-hydrogen) atoms. The Hall–Kier alpha value is -3.43. The third-order valence-corrected chi connectivity index (χ3v) is 5.32. The van der Waals surface area contributed by atoms with E-state index in [2.05, 4.69) is 25.9 Å². The van der Waals surface area contributed by atoms with E-state index < -0.39 is 6.23 Å². The lowest BCUT2D eigenvalue weighted by atomic mass is 10.0. The van der Waals surface area contributed by atoms with E-state index in [1.807, 2.05) is 32.0 Å². The Morgan fingerprint density at radius 1 is 1.34 bits per heavy atom. The van der Waals surface area contributed by atoms with Crippen molar-refractivity contribution in [3.8, 4) is 0 Å². The van der Waals surface area contributed by atoms with Gasteiger partial charge in [-0.3, -0.25) is 10.3 Å². The van der Waals surface area contributed by atoms with Gasteiger partial charge in [-0.1, -0.05) is 13.8 Å². The summed E-state index contributed by atoms with van der Waals surface area (Å²) in [7, 11) is 0. The molecule has 2 aromatic heterocycles. The molecule has 170 valence electrons. The van der Waals surface area contributed by atoms with Crippen LogP contribution in [-0.2, 0) is 0 Å². The molecule has 1 saturated heterocycles. The van der Waals surface area contributed by atoms with Crippen LogP contribution in [0.1, 0.15) is 32.3 Å². The summed E-state index contributed by atoms with van der Waals surface area (Å²) < 4.78 is 0. The maximum Gasteiger partial charge on any atom is 0.132 e. The zero-order valence-corrected chi connectivity index (χ0v) is 18.5. The lowest BCUT2D eigenvalue weighted by Gasteiger charge is -2.12. The number of aromatic nitrogens is 2. The Kier molecular flexibility index (Phi) is 7.80. The Morgan fingerprint density at radius 2 is 2.16 bits per heavy atom. The van der Waals surface area contributed by atoms with Crippen LogP contribution in [0.4, 0.5) is 5.82 Å². The van der Waals surface area contributed by atoms with E-state index in [4.69, 9.17) is 16.9 Å². The molecule has 9 heteroatoms. The first kappa shape index (κ1) is 23.2. The Balaban J connectivity index is 1.75. The zero-order valence-electron chi connectivity index (χ0n) is 18.5. The van der Waals surface area contributed by atoms with Crippen molar-refractivity contribution in [2.45, 2.75) is 39.0 Å². The molecule has 1 aliphatic heterocycles. The third-order valence-electron chi connectivity index (χ3n) is 5.32. The molecule has 0 bridgehead atoms. The van der Waals surface area contributed by atoms with Crippen LogP contribution in [0.5, 0.6) is 0 Å². The first-order valence-corrected chi connectivity index (χ1v) is 10.7. The Bertz CT molecular complexity index is 1040. The quantitative estimate of drug-likeness (QED) is 0.232. The maximum absolute atomic E-state index is 9.56. The van der Waals surface area contributed by atoms with Gasteiger partial charge in [0.05, 0.1) is 11.0 Å². The molecule has 0 aromatic carbocycles. The van der Waals surface area contributed by atoms with E-state index >= 15 is 0 Å². The van der Waals surface area contributed by atoms with Crippen molar-refractivity contribution in [1.82, 2.24) is 20.6 Å². The van der Waals surface area contributed by atoms with Crippen molar-refractivity contribution in [1.29, 1.82) is 5.41 Å². The average molecular weight is 437 g/mol. The number of nitrogens with two attached hydrogens (primary N) is 2. The highest BCUT2D eigenvalue weighted by atomic mass is 16.3. The fraction of sp³-hybridized carbons (Fsp3) is 0.348. The minimum absolute atomic E-state index is 0.210. The summed E-state index contributed by atoms with van der Waals surface area (Å²) in [4.78, 5) is 9.09. The van der Waals surface area contributed by atoms with Gasteiger partial charge in [0.2, 0.25) is 0 Å². The van der Waals surface area contributed by atoms with E-state index in [1.165, 1.54) is 6.21 Å². The topological polar surface area (TPSA) is 158 Å². The van der Waals surface area contributed by atoms with Gasteiger partial charge in [-0.2, -0.15) is 0 Å². The van der Waals surface area contributed by atoms with Crippen molar-refractivity contribution >= 4 is 28.6 Å². The summed E-state index contributed by atoms with van der Waals surface area (Å²) >= 11 is 0. The van der Waals surface area contributed by atoms with Crippen LogP contribution in [0.15, 0.2) is 54.3 Å². The van der Waals surface area contributed by atoms with Crippen molar-refractivity contribution < 1.29 is 5.11 Å².